The number of benzene rings is 3. The minimum Gasteiger partial charge on any atom is -0.356 e. The minimum atomic E-state index is -0.788. The van der Waals surface area contributed by atoms with E-state index in [1.807, 2.05) is 18.2 Å². The van der Waals surface area contributed by atoms with Gasteiger partial charge in [-0.3, -0.25) is 0 Å². The van der Waals surface area contributed by atoms with E-state index in [4.69, 9.17) is 4.74 Å². The maximum Gasteiger partial charge on any atom is 0.144 e. The van der Waals surface area contributed by atoms with Gasteiger partial charge in [0.15, 0.2) is 0 Å². The first-order chi connectivity index (χ1) is 12.7. The van der Waals surface area contributed by atoms with Crippen molar-refractivity contribution in [3.63, 3.8) is 0 Å². The van der Waals surface area contributed by atoms with E-state index in [0.717, 1.165) is 28.7 Å². The third-order valence-electron chi connectivity index (χ3n) is 5.08. The lowest BCUT2D eigenvalue weighted by atomic mass is 9.79. The zero-order chi connectivity index (χ0) is 18.1. The summed E-state index contributed by atoms with van der Waals surface area (Å²) >= 11 is 0. The molecule has 0 bridgehead atoms. The first-order valence-corrected chi connectivity index (χ1v) is 8.70. The third kappa shape index (κ3) is 2.51. The van der Waals surface area contributed by atoms with Crippen LogP contribution in [0.5, 0.6) is 0 Å². The number of nitrogens with zero attached hydrogens (tertiary/aromatic N) is 1. The number of halogens is 1. The smallest absolute Gasteiger partial charge is 0.144 e. The average molecular weight is 343 g/mol. The van der Waals surface area contributed by atoms with Crippen molar-refractivity contribution in [2.45, 2.75) is 25.6 Å². The molecule has 0 radical (unpaired) electrons. The molecule has 1 unspecified atom stereocenters. The normalized spacial score (nSPS) is 18.3. The van der Waals surface area contributed by atoms with Crippen molar-refractivity contribution in [1.29, 1.82) is 5.26 Å². The van der Waals surface area contributed by atoms with Gasteiger partial charge >= 0.3 is 0 Å². The predicted octanol–water partition coefficient (Wildman–Crippen LogP) is 5.08. The van der Waals surface area contributed by atoms with Crippen molar-refractivity contribution in [3.05, 3.63) is 106 Å². The van der Waals surface area contributed by atoms with Crippen LogP contribution in [0.1, 0.15) is 40.3 Å². The summed E-state index contributed by atoms with van der Waals surface area (Å²) in [6, 6.07) is 22.7. The van der Waals surface area contributed by atoms with Crippen LogP contribution in [0.4, 0.5) is 4.39 Å². The number of fused-ring (bicyclic) bond motifs is 1. The number of ether oxygens (including phenoxy) is 1. The van der Waals surface area contributed by atoms with E-state index in [1.165, 1.54) is 17.7 Å². The lowest BCUT2D eigenvalue weighted by Gasteiger charge is -2.31. The Morgan fingerprint density at radius 2 is 1.65 bits per heavy atom. The molecule has 128 valence electrons. The molecule has 1 heterocycles. The van der Waals surface area contributed by atoms with Gasteiger partial charge in [-0.1, -0.05) is 49.4 Å². The van der Waals surface area contributed by atoms with Crippen LogP contribution in [0.2, 0.25) is 0 Å². The summed E-state index contributed by atoms with van der Waals surface area (Å²) in [5, 5.41) is 9.19. The molecule has 0 aliphatic carbocycles. The quantitative estimate of drug-likeness (QED) is 0.664. The highest BCUT2D eigenvalue weighted by Crippen LogP contribution is 2.47. The van der Waals surface area contributed by atoms with Crippen LogP contribution < -0.4 is 0 Å². The molecule has 26 heavy (non-hydrogen) atoms. The molecule has 2 nitrogen and oxygen atoms in total. The standard InChI is InChI=1S/C23H18FNO/c1-2-16-3-6-19(7-4-16)23(20-8-10-21(24)11-9-20)22-12-5-17(14-25)13-18(22)15-26-23/h3-13H,2,15H2,1H3. The van der Waals surface area contributed by atoms with Crippen LogP contribution in [0.3, 0.4) is 0 Å². The SMILES string of the molecule is CCc1ccc(C2(c3ccc(F)cc3)OCc3cc(C#N)ccc32)cc1. The first kappa shape index (κ1) is 16.5. The van der Waals surface area contributed by atoms with Crippen molar-refractivity contribution in [1.82, 2.24) is 0 Å². The summed E-state index contributed by atoms with van der Waals surface area (Å²) in [5.74, 6) is -0.275. The summed E-state index contributed by atoms with van der Waals surface area (Å²) in [6.07, 6.45) is 0.965. The summed E-state index contributed by atoms with van der Waals surface area (Å²) in [5.41, 5.74) is 4.96. The van der Waals surface area contributed by atoms with Crippen LogP contribution in [0.15, 0.2) is 66.7 Å². The van der Waals surface area contributed by atoms with Gasteiger partial charge in [0, 0.05) is 0 Å². The van der Waals surface area contributed by atoms with E-state index in [2.05, 4.69) is 37.3 Å². The van der Waals surface area contributed by atoms with E-state index < -0.39 is 5.60 Å². The Morgan fingerprint density at radius 3 is 2.27 bits per heavy atom. The van der Waals surface area contributed by atoms with Crippen LogP contribution in [0.25, 0.3) is 0 Å². The Kier molecular flexibility index (Phi) is 4.06. The molecule has 0 aromatic heterocycles. The number of hydrogen-bond donors (Lipinski definition) is 0. The number of rotatable bonds is 3. The van der Waals surface area contributed by atoms with Crippen molar-refractivity contribution in [2.75, 3.05) is 0 Å². The Balaban J connectivity index is 1.95. The number of aryl methyl sites for hydroxylation is 1. The highest BCUT2D eigenvalue weighted by atomic mass is 19.1. The number of nitriles is 1. The maximum atomic E-state index is 13.5. The summed E-state index contributed by atoms with van der Waals surface area (Å²) in [4.78, 5) is 0. The molecular formula is C23H18FNO. The van der Waals surface area contributed by atoms with E-state index in [0.29, 0.717) is 12.2 Å². The van der Waals surface area contributed by atoms with Crippen molar-refractivity contribution >= 4 is 0 Å². The topological polar surface area (TPSA) is 33.0 Å². The van der Waals surface area contributed by atoms with Gasteiger partial charge in [0.2, 0.25) is 0 Å². The molecule has 0 spiro atoms. The molecule has 0 N–H and O–H groups in total. The fourth-order valence-electron chi connectivity index (χ4n) is 3.69. The van der Waals surface area contributed by atoms with Crippen molar-refractivity contribution in [2.24, 2.45) is 0 Å². The molecule has 3 heteroatoms. The number of hydrogen-bond acceptors (Lipinski definition) is 2. The van der Waals surface area contributed by atoms with Crippen molar-refractivity contribution < 1.29 is 9.13 Å². The highest BCUT2D eigenvalue weighted by molar-refractivity contribution is 5.54. The van der Waals surface area contributed by atoms with E-state index in [-0.39, 0.29) is 5.82 Å². The Bertz CT molecular complexity index is 986. The third-order valence-corrected chi connectivity index (χ3v) is 5.08. The van der Waals surface area contributed by atoms with Gasteiger partial charge in [-0.25, -0.2) is 4.39 Å². The molecule has 1 aliphatic rings. The molecule has 0 amide bonds. The lowest BCUT2D eigenvalue weighted by molar-refractivity contribution is 0.0267. The molecular weight excluding hydrogens is 325 g/mol. The Hall–Kier alpha value is -2.96. The predicted molar refractivity (Wildman–Crippen MR) is 98.0 cm³/mol. The largest absolute Gasteiger partial charge is 0.356 e. The lowest BCUT2D eigenvalue weighted by Crippen LogP contribution is -2.28. The highest BCUT2D eigenvalue weighted by Gasteiger charge is 2.43. The molecule has 0 saturated carbocycles. The van der Waals surface area contributed by atoms with Crippen LogP contribution in [-0.4, -0.2) is 0 Å². The molecule has 1 atom stereocenters. The van der Waals surface area contributed by atoms with Gasteiger partial charge < -0.3 is 4.74 Å². The maximum absolute atomic E-state index is 13.5. The van der Waals surface area contributed by atoms with Crippen LogP contribution >= 0.6 is 0 Å². The molecule has 3 aromatic carbocycles. The summed E-state index contributed by atoms with van der Waals surface area (Å²) in [7, 11) is 0. The molecule has 3 aromatic rings. The molecule has 0 saturated heterocycles. The van der Waals surface area contributed by atoms with E-state index >= 15 is 0 Å². The van der Waals surface area contributed by atoms with Crippen LogP contribution in [-0.2, 0) is 23.4 Å². The zero-order valence-corrected chi connectivity index (χ0v) is 14.5. The van der Waals surface area contributed by atoms with Gasteiger partial charge in [0.25, 0.3) is 0 Å². The van der Waals surface area contributed by atoms with Gasteiger partial charge in [-0.2, -0.15) is 5.26 Å². The Labute approximate surface area is 152 Å². The zero-order valence-electron chi connectivity index (χ0n) is 14.5. The first-order valence-electron chi connectivity index (χ1n) is 8.70. The summed E-state index contributed by atoms with van der Waals surface area (Å²) < 4.78 is 19.9. The van der Waals surface area contributed by atoms with Gasteiger partial charge in [0.05, 0.1) is 18.2 Å². The minimum absolute atomic E-state index is 0.275. The van der Waals surface area contributed by atoms with Crippen molar-refractivity contribution in [3.8, 4) is 6.07 Å². The second-order valence-electron chi connectivity index (χ2n) is 6.51. The fourth-order valence-corrected chi connectivity index (χ4v) is 3.69. The second kappa shape index (κ2) is 6.40. The molecule has 4 rings (SSSR count). The summed E-state index contributed by atoms with van der Waals surface area (Å²) in [6.45, 7) is 2.54. The molecule has 0 fully saturated rings. The second-order valence-corrected chi connectivity index (χ2v) is 6.51. The Morgan fingerprint density at radius 1 is 1.00 bits per heavy atom. The van der Waals surface area contributed by atoms with E-state index in [9.17, 15) is 9.65 Å². The van der Waals surface area contributed by atoms with Crippen LogP contribution in [0, 0.1) is 17.1 Å². The monoisotopic (exact) mass is 343 g/mol. The fraction of sp³-hybridized carbons (Fsp3) is 0.174. The average Bonchev–Trinajstić information content (AvgIpc) is 3.08. The van der Waals surface area contributed by atoms with Gasteiger partial charge in [-0.15, -0.1) is 0 Å². The van der Waals surface area contributed by atoms with E-state index in [1.54, 1.807) is 12.1 Å². The van der Waals surface area contributed by atoms with Gasteiger partial charge in [0.1, 0.15) is 11.4 Å². The van der Waals surface area contributed by atoms with Gasteiger partial charge in [-0.05, 0) is 58.5 Å². The molecule has 1 aliphatic heterocycles.